The Balaban J connectivity index is 2.64. The number of esters is 1. The number of ether oxygens (including phenoxy) is 2. The van der Waals surface area contributed by atoms with Crippen LogP contribution in [0.1, 0.15) is 34.1 Å². The summed E-state index contributed by atoms with van der Waals surface area (Å²) in [6.07, 6.45) is 0.159. The number of hydrogen-bond donors (Lipinski definition) is 0. The number of hydrogen-bond acceptors (Lipinski definition) is 4. The van der Waals surface area contributed by atoms with Gasteiger partial charge in [-0.05, 0) is 18.1 Å². The molecular formula is C12H24O4Si. The summed E-state index contributed by atoms with van der Waals surface area (Å²) in [6, 6.07) is 0. The standard InChI is InChI=1S/C12H24O4Si/c1-9(13)15-11-10(7-8-14-11)16-17(5,6)12(2,3)4/h10-11H,7-8H2,1-6H3. The topological polar surface area (TPSA) is 44.8 Å². The van der Waals surface area contributed by atoms with Crippen molar-refractivity contribution in [1.29, 1.82) is 0 Å². The molecule has 0 aliphatic carbocycles. The zero-order valence-corrected chi connectivity index (χ0v) is 12.7. The van der Waals surface area contributed by atoms with Gasteiger partial charge >= 0.3 is 5.97 Å². The van der Waals surface area contributed by atoms with Crippen molar-refractivity contribution in [2.75, 3.05) is 6.61 Å². The van der Waals surface area contributed by atoms with Gasteiger partial charge in [0.15, 0.2) is 8.32 Å². The number of carbonyl (C=O) groups is 1. The lowest BCUT2D eigenvalue weighted by Crippen LogP contribution is -2.46. The van der Waals surface area contributed by atoms with Gasteiger partial charge in [0, 0.05) is 13.3 Å². The highest BCUT2D eigenvalue weighted by Gasteiger charge is 2.43. The third-order valence-electron chi connectivity index (χ3n) is 3.52. The van der Waals surface area contributed by atoms with Gasteiger partial charge in [0.05, 0.1) is 6.61 Å². The van der Waals surface area contributed by atoms with Crippen LogP contribution in [0, 0.1) is 0 Å². The fourth-order valence-corrected chi connectivity index (χ4v) is 2.83. The van der Waals surface area contributed by atoms with Crippen LogP contribution in [-0.2, 0) is 18.7 Å². The summed E-state index contributed by atoms with van der Waals surface area (Å²) in [5, 5.41) is 0.149. The predicted octanol–water partition coefficient (Wildman–Crippen LogP) is 2.69. The van der Waals surface area contributed by atoms with Crippen LogP contribution in [0.2, 0.25) is 18.1 Å². The molecule has 1 aliphatic rings. The average Bonchev–Trinajstić information content (AvgIpc) is 2.48. The Hall–Kier alpha value is -0.393. The van der Waals surface area contributed by atoms with Crippen molar-refractivity contribution in [2.24, 2.45) is 0 Å². The Labute approximate surface area is 105 Å². The first-order chi connectivity index (χ1) is 7.63. The fraction of sp³-hybridized carbons (Fsp3) is 0.917. The van der Waals surface area contributed by atoms with Crippen LogP contribution >= 0.6 is 0 Å². The predicted molar refractivity (Wildman–Crippen MR) is 68.2 cm³/mol. The maximum absolute atomic E-state index is 11.0. The quantitative estimate of drug-likeness (QED) is 0.578. The summed E-state index contributed by atoms with van der Waals surface area (Å²) < 4.78 is 16.7. The van der Waals surface area contributed by atoms with E-state index in [1.54, 1.807) is 0 Å². The smallest absolute Gasteiger partial charge is 0.305 e. The summed E-state index contributed by atoms with van der Waals surface area (Å²) >= 11 is 0. The zero-order valence-electron chi connectivity index (χ0n) is 11.7. The van der Waals surface area contributed by atoms with E-state index in [-0.39, 0.29) is 17.1 Å². The molecule has 0 saturated carbocycles. The molecule has 0 bridgehead atoms. The lowest BCUT2D eigenvalue weighted by Gasteiger charge is -2.39. The van der Waals surface area contributed by atoms with Crippen LogP contribution < -0.4 is 0 Å². The lowest BCUT2D eigenvalue weighted by molar-refractivity contribution is -0.178. The third-order valence-corrected chi connectivity index (χ3v) is 8.03. The summed E-state index contributed by atoms with van der Waals surface area (Å²) in [5.41, 5.74) is 0. The highest BCUT2D eigenvalue weighted by atomic mass is 28.4. The Bertz CT molecular complexity index is 283. The van der Waals surface area contributed by atoms with Crippen molar-refractivity contribution in [1.82, 2.24) is 0 Å². The molecule has 0 aromatic rings. The van der Waals surface area contributed by atoms with E-state index in [0.29, 0.717) is 6.61 Å². The van der Waals surface area contributed by atoms with E-state index >= 15 is 0 Å². The number of carbonyl (C=O) groups excluding carboxylic acids is 1. The van der Waals surface area contributed by atoms with E-state index in [1.165, 1.54) is 6.92 Å². The van der Waals surface area contributed by atoms with Crippen LogP contribution in [-0.4, -0.2) is 33.3 Å². The van der Waals surface area contributed by atoms with Crippen LogP contribution in [0.25, 0.3) is 0 Å². The maximum Gasteiger partial charge on any atom is 0.305 e. The van der Waals surface area contributed by atoms with Crippen molar-refractivity contribution < 1.29 is 18.7 Å². The van der Waals surface area contributed by atoms with Gasteiger partial charge in [-0.25, -0.2) is 0 Å². The molecule has 0 radical (unpaired) electrons. The van der Waals surface area contributed by atoms with Gasteiger partial charge in [0.25, 0.3) is 0 Å². The Kier molecular flexibility index (Phi) is 4.38. The molecule has 1 aliphatic heterocycles. The molecule has 1 saturated heterocycles. The molecule has 5 heteroatoms. The first-order valence-corrected chi connectivity index (χ1v) is 9.01. The molecule has 0 amide bonds. The first-order valence-electron chi connectivity index (χ1n) is 6.10. The molecule has 4 nitrogen and oxygen atoms in total. The molecular weight excluding hydrogens is 236 g/mol. The molecule has 0 N–H and O–H groups in total. The largest absolute Gasteiger partial charge is 0.433 e. The summed E-state index contributed by atoms with van der Waals surface area (Å²) in [5.74, 6) is -0.319. The Morgan fingerprint density at radius 1 is 1.35 bits per heavy atom. The van der Waals surface area contributed by atoms with E-state index in [9.17, 15) is 4.79 Å². The van der Waals surface area contributed by atoms with Crippen molar-refractivity contribution in [3.05, 3.63) is 0 Å². The average molecular weight is 260 g/mol. The SMILES string of the molecule is CC(=O)OC1OCCC1O[Si](C)(C)C(C)(C)C. The third kappa shape index (κ3) is 3.79. The maximum atomic E-state index is 11.0. The summed E-state index contributed by atoms with van der Waals surface area (Å²) in [6.45, 7) is 12.9. The van der Waals surface area contributed by atoms with Crippen molar-refractivity contribution in [3.63, 3.8) is 0 Å². The van der Waals surface area contributed by atoms with E-state index in [1.807, 2.05) is 0 Å². The minimum absolute atomic E-state index is 0.111. The molecule has 1 heterocycles. The first kappa shape index (κ1) is 14.7. The van der Waals surface area contributed by atoms with Gasteiger partial charge in [-0.15, -0.1) is 0 Å². The molecule has 17 heavy (non-hydrogen) atoms. The molecule has 2 unspecified atom stereocenters. The molecule has 2 atom stereocenters. The molecule has 1 rings (SSSR count). The minimum atomic E-state index is -1.83. The van der Waals surface area contributed by atoms with E-state index in [4.69, 9.17) is 13.9 Å². The van der Waals surface area contributed by atoms with Gasteiger partial charge in [-0.3, -0.25) is 4.79 Å². The summed E-state index contributed by atoms with van der Waals surface area (Å²) in [7, 11) is -1.83. The Morgan fingerprint density at radius 2 is 1.94 bits per heavy atom. The van der Waals surface area contributed by atoms with Crippen LogP contribution in [0.15, 0.2) is 0 Å². The second-order valence-electron chi connectivity index (χ2n) is 6.05. The number of rotatable bonds is 3. The summed E-state index contributed by atoms with van der Waals surface area (Å²) in [4.78, 5) is 11.0. The van der Waals surface area contributed by atoms with Gasteiger partial charge in [-0.1, -0.05) is 20.8 Å². The molecule has 1 fully saturated rings. The van der Waals surface area contributed by atoms with Crippen LogP contribution in [0.5, 0.6) is 0 Å². The highest BCUT2D eigenvalue weighted by molar-refractivity contribution is 6.74. The lowest BCUT2D eigenvalue weighted by atomic mass is 10.2. The fourth-order valence-electron chi connectivity index (χ4n) is 1.49. The van der Waals surface area contributed by atoms with Gasteiger partial charge < -0.3 is 13.9 Å². The second kappa shape index (κ2) is 5.08. The molecule has 0 aromatic carbocycles. The Morgan fingerprint density at radius 3 is 2.41 bits per heavy atom. The van der Waals surface area contributed by atoms with Crippen LogP contribution in [0.3, 0.4) is 0 Å². The van der Waals surface area contributed by atoms with Crippen molar-refractivity contribution in [2.45, 2.75) is 64.6 Å². The van der Waals surface area contributed by atoms with Gasteiger partial charge in [0.1, 0.15) is 6.10 Å². The van der Waals surface area contributed by atoms with E-state index in [2.05, 4.69) is 33.9 Å². The zero-order chi connectivity index (χ0) is 13.3. The monoisotopic (exact) mass is 260 g/mol. The highest BCUT2D eigenvalue weighted by Crippen LogP contribution is 2.39. The van der Waals surface area contributed by atoms with Gasteiger partial charge in [-0.2, -0.15) is 0 Å². The van der Waals surface area contributed by atoms with E-state index < -0.39 is 14.6 Å². The van der Waals surface area contributed by atoms with Crippen LogP contribution in [0.4, 0.5) is 0 Å². The molecule has 0 spiro atoms. The van der Waals surface area contributed by atoms with Gasteiger partial charge in [0.2, 0.25) is 6.29 Å². The van der Waals surface area contributed by atoms with Crippen molar-refractivity contribution in [3.8, 4) is 0 Å². The minimum Gasteiger partial charge on any atom is -0.433 e. The van der Waals surface area contributed by atoms with Crippen molar-refractivity contribution >= 4 is 14.3 Å². The molecule has 100 valence electrons. The normalized spacial score (nSPS) is 26.0. The second-order valence-corrected chi connectivity index (χ2v) is 10.8. The van der Waals surface area contributed by atoms with E-state index in [0.717, 1.165) is 6.42 Å². The molecule has 0 aromatic heterocycles.